The average molecular weight is 540 g/mol. The molecule has 0 saturated heterocycles. The lowest BCUT2D eigenvalue weighted by Gasteiger charge is -2.25. The summed E-state index contributed by atoms with van der Waals surface area (Å²) in [6.07, 6.45) is 0.0325. The van der Waals surface area contributed by atoms with Gasteiger partial charge in [-0.25, -0.2) is 13.8 Å². The Kier molecular flexibility index (Phi) is 8.78. The van der Waals surface area contributed by atoms with Crippen LogP contribution in [-0.2, 0) is 22.5 Å². The molecule has 2 aromatic carbocycles. The molecule has 10 heteroatoms. The van der Waals surface area contributed by atoms with Gasteiger partial charge in [0.1, 0.15) is 24.1 Å². The van der Waals surface area contributed by atoms with E-state index in [4.69, 9.17) is 9.47 Å². The molecule has 2 aromatic heterocycles. The SMILES string of the molecule is CCOCc1nc(=O)c(Cc2ccc(-c3ccc(F)nc3C)cc2)c(O)n1C(COC)c1cc(F)cc(F)c1. The number of aryl methyl sites for hydroxylation is 1. The average Bonchev–Trinajstić information content (AvgIpc) is 2.89. The number of hydrogen-bond acceptors (Lipinski definition) is 6. The second-order valence-corrected chi connectivity index (χ2v) is 8.96. The minimum Gasteiger partial charge on any atom is -0.494 e. The number of hydrogen-bond donors (Lipinski definition) is 1. The first-order chi connectivity index (χ1) is 18.7. The van der Waals surface area contributed by atoms with Crippen LogP contribution in [0.1, 0.15) is 41.2 Å². The highest BCUT2D eigenvalue weighted by atomic mass is 19.1. The van der Waals surface area contributed by atoms with Gasteiger partial charge in [-0.2, -0.15) is 9.37 Å². The van der Waals surface area contributed by atoms with E-state index < -0.39 is 35.1 Å². The van der Waals surface area contributed by atoms with E-state index in [0.29, 0.717) is 17.9 Å². The third-order valence-electron chi connectivity index (χ3n) is 6.30. The molecular formula is C29H28F3N3O4. The third-order valence-corrected chi connectivity index (χ3v) is 6.30. The number of aromatic nitrogens is 3. The molecule has 4 aromatic rings. The fourth-order valence-corrected chi connectivity index (χ4v) is 4.47. The second kappa shape index (κ2) is 12.2. The topological polar surface area (TPSA) is 86.5 Å². The zero-order chi connectivity index (χ0) is 28.1. The predicted octanol–water partition coefficient (Wildman–Crippen LogP) is 5.10. The Hall–Kier alpha value is -4.02. The number of rotatable bonds is 10. The molecule has 0 aliphatic carbocycles. The van der Waals surface area contributed by atoms with Crippen molar-refractivity contribution in [2.45, 2.75) is 32.9 Å². The van der Waals surface area contributed by atoms with Crippen molar-refractivity contribution in [1.29, 1.82) is 0 Å². The molecule has 1 atom stereocenters. The largest absolute Gasteiger partial charge is 0.494 e. The zero-order valence-corrected chi connectivity index (χ0v) is 21.7. The molecule has 0 spiro atoms. The fourth-order valence-electron chi connectivity index (χ4n) is 4.47. The van der Waals surface area contributed by atoms with Crippen LogP contribution in [0.15, 0.2) is 59.4 Å². The Morgan fingerprint density at radius 1 is 1.00 bits per heavy atom. The molecule has 2 heterocycles. The number of aromatic hydroxyl groups is 1. The summed E-state index contributed by atoms with van der Waals surface area (Å²) in [6.45, 7) is 3.61. The van der Waals surface area contributed by atoms with Crippen LogP contribution in [0.4, 0.5) is 13.2 Å². The molecule has 0 fully saturated rings. The van der Waals surface area contributed by atoms with E-state index >= 15 is 0 Å². The Labute approximate surface area is 223 Å². The van der Waals surface area contributed by atoms with Gasteiger partial charge in [0.05, 0.1) is 18.2 Å². The minimum atomic E-state index is -0.904. The van der Waals surface area contributed by atoms with Crippen LogP contribution in [0.3, 0.4) is 0 Å². The van der Waals surface area contributed by atoms with Gasteiger partial charge in [-0.15, -0.1) is 0 Å². The fraction of sp³-hybridized carbons (Fsp3) is 0.276. The van der Waals surface area contributed by atoms with Crippen molar-refractivity contribution in [2.24, 2.45) is 0 Å². The van der Waals surface area contributed by atoms with E-state index in [-0.39, 0.29) is 36.6 Å². The number of benzene rings is 2. The van der Waals surface area contributed by atoms with Crippen molar-refractivity contribution in [3.05, 3.63) is 111 Å². The Bertz CT molecular complexity index is 1500. The quantitative estimate of drug-likeness (QED) is 0.282. The summed E-state index contributed by atoms with van der Waals surface area (Å²) < 4.78 is 53.7. The van der Waals surface area contributed by atoms with Crippen molar-refractivity contribution < 1.29 is 27.8 Å². The van der Waals surface area contributed by atoms with Crippen molar-refractivity contribution >= 4 is 0 Å². The van der Waals surface area contributed by atoms with Gasteiger partial charge in [0.15, 0.2) is 0 Å². The normalized spacial score (nSPS) is 12.1. The van der Waals surface area contributed by atoms with Crippen LogP contribution in [0.25, 0.3) is 11.1 Å². The lowest BCUT2D eigenvalue weighted by molar-refractivity contribution is 0.115. The summed E-state index contributed by atoms with van der Waals surface area (Å²) in [7, 11) is 1.42. The zero-order valence-electron chi connectivity index (χ0n) is 21.7. The Morgan fingerprint density at radius 2 is 1.69 bits per heavy atom. The first-order valence-electron chi connectivity index (χ1n) is 12.3. The highest BCUT2D eigenvalue weighted by molar-refractivity contribution is 5.65. The molecule has 7 nitrogen and oxygen atoms in total. The highest BCUT2D eigenvalue weighted by Gasteiger charge is 2.25. The molecule has 204 valence electrons. The van der Waals surface area contributed by atoms with Gasteiger partial charge in [0.25, 0.3) is 5.56 Å². The smallest absolute Gasteiger partial charge is 0.280 e. The van der Waals surface area contributed by atoms with Gasteiger partial charge in [0, 0.05) is 37.5 Å². The standard InChI is InChI=1S/C29H28F3N3O4/c1-4-39-16-27-34-28(36)24(11-18-5-7-19(8-6-18)23-9-10-26(32)33-17(23)2)29(37)35(27)25(15-38-3)20-12-21(30)14-22(31)13-20/h5-10,12-14,25,37H,4,11,15-16H2,1-3H3. The number of ether oxygens (including phenoxy) is 2. The first-order valence-corrected chi connectivity index (χ1v) is 12.3. The highest BCUT2D eigenvalue weighted by Crippen LogP contribution is 2.30. The van der Waals surface area contributed by atoms with E-state index in [1.807, 2.05) is 12.1 Å². The number of nitrogens with zero attached hydrogens (tertiary/aromatic N) is 3. The van der Waals surface area contributed by atoms with Crippen molar-refractivity contribution in [1.82, 2.24) is 14.5 Å². The van der Waals surface area contributed by atoms with Gasteiger partial charge in [-0.05, 0) is 54.8 Å². The molecule has 0 aliphatic heterocycles. The van der Waals surface area contributed by atoms with E-state index in [2.05, 4.69) is 9.97 Å². The van der Waals surface area contributed by atoms with Crippen LogP contribution in [0.5, 0.6) is 5.88 Å². The van der Waals surface area contributed by atoms with E-state index in [1.54, 1.807) is 32.0 Å². The summed E-state index contributed by atoms with van der Waals surface area (Å²) >= 11 is 0. The summed E-state index contributed by atoms with van der Waals surface area (Å²) in [4.78, 5) is 21.0. The minimum absolute atomic E-state index is 0.000561. The summed E-state index contributed by atoms with van der Waals surface area (Å²) in [6, 6.07) is 12.2. The van der Waals surface area contributed by atoms with Crippen LogP contribution < -0.4 is 5.56 Å². The van der Waals surface area contributed by atoms with E-state index in [0.717, 1.165) is 29.3 Å². The van der Waals surface area contributed by atoms with Crippen molar-refractivity contribution in [2.75, 3.05) is 20.3 Å². The molecule has 0 aliphatic rings. The Morgan fingerprint density at radius 3 is 2.31 bits per heavy atom. The lowest BCUT2D eigenvalue weighted by Crippen LogP contribution is -2.28. The van der Waals surface area contributed by atoms with Crippen LogP contribution >= 0.6 is 0 Å². The molecule has 1 unspecified atom stereocenters. The Balaban J connectivity index is 1.77. The second-order valence-electron chi connectivity index (χ2n) is 8.96. The van der Waals surface area contributed by atoms with Gasteiger partial charge in [-0.1, -0.05) is 24.3 Å². The molecule has 0 saturated carbocycles. The number of halogens is 3. The van der Waals surface area contributed by atoms with E-state index in [9.17, 15) is 23.1 Å². The number of methoxy groups -OCH3 is 1. The van der Waals surface area contributed by atoms with Crippen LogP contribution in [-0.4, -0.2) is 40.0 Å². The van der Waals surface area contributed by atoms with E-state index in [1.165, 1.54) is 17.7 Å². The monoisotopic (exact) mass is 539 g/mol. The summed E-state index contributed by atoms with van der Waals surface area (Å²) in [5.74, 6) is -2.47. The number of pyridine rings is 1. The molecule has 39 heavy (non-hydrogen) atoms. The molecule has 0 radical (unpaired) electrons. The van der Waals surface area contributed by atoms with Crippen LogP contribution in [0.2, 0.25) is 0 Å². The summed E-state index contributed by atoms with van der Waals surface area (Å²) in [5, 5.41) is 11.4. The maximum absolute atomic E-state index is 14.1. The third kappa shape index (κ3) is 6.35. The van der Waals surface area contributed by atoms with Gasteiger partial charge in [0.2, 0.25) is 11.8 Å². The molecule has 4 rings (SSSR count). The van der Waals surface area contributed by atoms with Crippen molar-refractivity contribution in [3.63, 3.8) is 0 Å². The van der Waals surface area contributed by atoms with Gasteiger partial charge >= 0.3 is 0 Å². The first kappa shape index (κ1) is 28.0. The van der Waals surface area contributed by atoms with Gasteiger partial charge in [-0.3, -0.25) is 9.36 Å². The maximum Gasteiger partial charge on any atom is 0.280 e. The van der Waals surface area contributed by atoms with Crippen molar-refractivity contribution in [3.8, 4) is 17.0 Å². The molecule has 0 amide bonds. The van der Waals surface area contributed by atoms with Gasteiger partial charge < -0.3 is 14.6 Å². The molecule has 0 bridgehead atoms. The molecular weight excluding hydrogens is 511 g/mol. The maximum atomic E-state index is 14.1. The predicted molar refractivity (Wildman–Crippen MR) is 139 cm³/mol. The van der Waals surface area contributed by atoms with Crippen LogP contribution in [0, 0.1) is 24.5 Å². The molecule has 1 N–H and O–H groups in total. The lowest BCUT2D eigenvalue weighted by atomic mass is 10.00. The summed E-state index contributed by atoms with van der Waals surface area (Å²) in [5.41, 5.74) is 2.35.